The lowest BCUT2D eigenvalue weighted by molar-refractivity contribution is 0.581. The minimum atomic E-state index is -3.39. The first-order valence-corrected chi connectivity index (χ1v) is 10.4. The Balaban J connectivity index is 1.49. The summed E-state index contributed by atoms with van der Waals surface area (Å²) < 4.78 is 27.4. The second-order valence-corrected chi connectivity index (χ2v) is 8.63. The third kappa shape index (κ3) is 4.37. The van der Waals surface area contributed by atoms with Crippen molar-refractivity contribution in [2.24, 2.45) is 0 Å². The summed E-state index contributed by atoms with van der Waals surface area (Å²) in [7, 11) is -3.39. The fourth-order valence-electron chi connectivity index (χ4n) is 2.78. The van der Waals surface area contributed by atoms with Crippen LogP contribution in [0.5, 0.6) is 0 Å². The predicted molar refractivity (Wildman–Crippen MR) is 95.4 cm³/mol. The lowest BCUT2D eigenvalue weighted by atomic mass is 10.1. The zero-order valence-electron chi connectivity index (χ0n) is 13.0. The maximum Gasteiger partial charge on any atom is 0.240 e. The summed E-state index contributed by atoms with van der Waals surface area (Å²) in [6, 6.07) is 15.7. The van der Waals surface area contributed by atoms with Gasteiger partial charge in [-0.3, -0.25) is 0 Å². The molecule has 1 aliphatic carbocycles. The summed E-state index contributed by atoms with van der Waals surface area (Å²) in [6.07, 6.45) is 4.00. The van der Waals surface area contributed by atoms with E-state index in [1.165, 1.54) is 16.0 Å². The summed E-state index contributed by atoms with van der Waals surface area (Å²) in [6.45, 7) is 0.471. The van der Waals surface area contributed by atoms with Crippen LogP contribution in [-0.2, 0) is 22.9 Å². The zero-order chi connectivity index (χ0) is 16.1. The molecule has 0 spiro atoms. The number of hydrogen-bond donors (Lipinski definition) is 1. The number of sulfonamides is 1. The molecule has 0 radical (unpaired) electrons. The van der Waals surface area contributed by atoms with Gasteiger partial charge in [0.25, 0.3) is 0 Å². The predicted octanol–water partition coefficient (Wildman–Crippen LogP) is 3.64. The van der Waals surface area contributed by atoms with Crippen LogP contribution >= 0.6 is 11.8 Å². The minimum Gasteiger partial charge on any atom is -0.211 e. The summed E-state index contributed by atoms with van der Waals surface area (Å²) in [4.78, 5) is 1.61. The molecule has 0 atom stereocenters. The van der Waals surface area contributed by atoms with Gasteiger partial charge in [-0.15, -0.1) is 11.8 Å². The van der Waals surface area contributed by atoms with Crippen molar-refractivity contribution < 1.29 is 8.42 Å². The summed E-state index contributed by atoms with van der Waals surface area (Å²) in [5.41, 5.74) is 2.48. The standard InChI is InChI=1S/C18H21NO2S2/c20-23(21,18-11-10-15-6-4-7-16(15)14-18)19-12-5-13-22-17-8-2-1-3-9-17/h1-3,8-11,14,19H,4-7,12-13H2. The first-order valence-electron chi connectivity index (χ1n) is 7.94. The molecular weight excluding hydrogens is 326 g/mol. The van der Waals surface area contributed by atoms with Crippen LogP contribution in [0.25, 0.3) is 0 Å². The maximum absolute atomic E-state index is 12.3. The highest BCUT2D eigenvalue weighted by atomic mass is 32.2. The van der Waals surface area contributed by atoms with Crippen LogP contribution in [0.3, 0.4) is 0 Å². The van der Waals surface area contributed by atoms with E-state index in [0.29, 0.717) is 11.4 Å². The molecule has 3 nitrogen and oxygen atoms in total. The summed E-state index contributed by atoms with van der Waals surface area (Å²) >= 11 is 1.75. The number of rotatable bonds is 7. The van der Waals surface area contributed by atoms with E-state index in [0.717, 1.165) is 31.4 Å². The molecule has 1 N–H and O–H groups in total. The highest BCUT2D eigenvalue weighted by molar-refractivity contribution is 7.99. The summed E-state index contributed by atoms with van der Waals surface area (Å²) in [5, 5.41) is 0. The zero-order valence-corrected chi connectivity index (χ0v) is 14.6. The Labute approximate surface area is 142 Å². The van der Waals surface area contributed by atoms with Gasteiger partial charge in [-0.2, -0.15) is 0 Å². The fraction of sp³-hybridized carbons (Fsp3) is 0.333. The smallest absolute Gasteiger partial charge is 0.211 e. The number of hydrogen-bond acceptors (Lipinski definition) is 3. The van der Waals surface area contributed by atoms with Crippen molar-refractivity contribution in [3.8, 4) is 0 Å². The Morgan fingerprint density at radius 1 is 1.00 bits per heavy atom. The van der Waals surface area contributed by atoms with Crippen molar-refractivity contribution in [3.05, 3.63) is 59.7 Å². The molecule has 5 heteroatoms. The van der Waals surface area contributed by atoms with Crippen LogP contribution in [0.15, 0.2) is 58.3 Å². The molecule has 0 saturated carbocycles. The van der Waals surface area contributed by atoms with Crippen LogP contribution in [0.4, 0.5) is 0 Å². The molecule has 0 unspecified atom stereocenters. The molecular formula is C18H21NO2S2. The average molecular weight is 348 g/mol. The number of fused-ring (bicyclic) bond motifs is 1. The van der Waals surface area contributed by atoms with Crippen molar-refractivity contribution in [1.82, 2.24) is 4.72 Å². The minimum absolute atomic E-state index is 0.397. The Morgan fingerprint density at radius 3 is 2.61 bits per heavy atom. The molecule has 0 aromatic heterocycles. The normalized spacial score (nSPS) is 13.9. The maximum atomic E-state index is 12.3. The molecule has 0 heterocycles. The van der Waals surface area contributed by atoms with Crippen molar-refractivity contribution in [3.63, 3.8) is 0 Å². The van der Waals surface area contributed by atoms with E-state index >= 15 is 0 Å². The van der Waals surface area contributed by atoms with Gasteiger partial charge in [0.15, 0.2) is 0 Å². The van der Waals surface area contributed by atoms with Crippen LogP contribution in [0.2, 0.25) is 0 Å². The highest BCUT2D eigenvalue weighted by Crippen LogP contribution is 2.24. The Morgan fingerprint density at radius 2 is 1.78 bits per heavy atom. The Bertz CT molecular complexity index is 758. The van der Waals surface area contributed by atoms with Crippen molar-refractivity contribution >= 4 is 21.8 Å². The van der Waals surface area contributed by atoms with E-state index in [1.807, 2.05) is 30.3 Å². The van der Waals surface area contributed by atoms with Crippen LogP contribution in [0, 0.1) is 0 Å². The third-order valence-electron chi connectivity index (χ3n) is 4.01. The van der Waals surface area contributed by atoms with Gasteiger partial charge >= 0.3 is 0 Å². The van der Waals surface area contributed by atoms with E-state index in [-0.39, 0.29) is 0 Å². The Kier molecular flexibility index (Phi) is 5.41. The monoisotopic (exact) mass is 347 g/mol. The van der Waals surface area contributed by atoms with Gasteiger partial charge < -0.3 is 0 Å². The average Bonchev–Trinajstić information content (AvgIpc) is 3.03. The largest absolute Gasteiger partial charge is 0.240 e. The lowest BCUT2D eigenvalue weighted by Crippen LogP contribution is -2.25. The number of benzene rings is 2. The molecule has 0 saturated heterocycles. The fourth-order valence-corrected chi connectivity index (χ4v) is 4.78. The first kappa shape index (κ1) is 16.6. The molecule has 0 aliphatic heterocycles. The number of nitrogens with one attached hydrogen (secondary N) is 1. The van der Waals surface area contributed by atoms with E-state index in [4.69, 9.17) is 0 Å². The van der Waals surface area contributed by atoms with Gasteiger partial charge in [0.05, 0.1) is 4.90 Å². The van der Waals surface area contributed by atoms with Gasteiger partial charge in [0.2, 0.25) is 10.0 Å². The van der Waals surface area contributed by atoms with Gasteiger partial charge in [-0.1, -0.05) is 24.3 Å². The molecule has 122 valence electrons. The second-order valence-electron chi connectivity index (χ2n) is 5.70. The topological polar surface area (TPSA) is 46.2 Å². The molecule has 3 rings (SSSR count). The number of aryl methyl sites for hydroxylation is 2. The molecule has 2 aromatic carbocycles. The van der Waals surface area contributed by atoms with E-state index in [1.54, 1.807) is 17.8 Å². The van der Waals surface area contributed by atoms with Crippen molar-refractivity contribution in [2.45, 2.75) is 35.5 Å². The molecule has 1 aliphatic rings. The van der Waals surface area contributed by atoms with Gasteiger partial charge in [0, 0.05) is 11.4 Å². The first-order chi connectivity index (χ1) is 11.1. The van der Waals surface area contributed by atoms with Crippen molar-refractivity contribution in [2.75, 3.05) is 12.3 Å². The Hall–Kier alpha value is -1.30. The van der Waals surface area contributed by atoms with Gasteiger partial charge in [-0.25, -0.2) is 13.1 Å². The van der Waals surface area contributed by atoms with Crippen LogP contribution < -0.4 is 4.72 Å². The molecule has 0 bridgehead atoms. The van der Waals surface area contributed by atoms with E-state index in [9.17, 15) is 8.42 Å². The second kappa shape index (κ2) is 7.51. The van der Waals surface area contributed by atoms with E-state index < -0.39 is 10.0 Å². The number of thioether (sulfide) groups is 1. The van der Waals surface area contributed by atoms with Gasteiger partial charge in [0.1, 0.15) is 0 Å². The van der Waals surface area contributed by atoms with Crippen LogP contribution in [-0.4, -0.2) is 20.7 Å². The highest BCUT2D eigenvalue weighted by Gasteiger charge is 2.17. The quantitative estimate of drug-likeness (QED) is 0.614. The SMILES string of the molecule is O=S(=O)(NCCCSc1ccccc1)c1ccc2c(c1)CCC2. The lowest BCUT2D eigenvalue weighted by Gasteiger charge is -2.08. The van der Waals surface area contributed by atoms with Crippen molar-refractivity contribution in [1.29, 1.82) is 0 Å². The van der Waals surface area contributed by atoms with Crippen LogP contribution in [0.1, 0.15) is 24.0 Å². The third-order valence-corrected chi connectivity index (χ3v) is 6.56. The summed E-state index contributed by atoms with van der Waals surface area (Å²) in [5.74, 6) is 0.900. The molecule has 0 amide bonds. The molecule has 0 fully saturated rings. The van der Waals surface area contributed by atoms with E-state index in [2.05, 4.69) is 16.9 Å². The molecule has 23 heavy (non-hydrogen) atoms. The molecule has 2 aromatic rings. The van der Waals surface area contributed by atoms with Gasteiger partial charge in [-0.05, 0) is 66.8 Å².